The normalized spacial score (nSPS) is 23.7. The Morgan fingerprint density at radius 1 is 1.06 bits per heavy atom. The predicted molar refractivity (Wildman–Crippen MR) is 118 cm³/mol. The number of hydrogen-bond donors (Lipinski definition) is 1. The molecule has 2 heterocycles. The molecule has 0 spiro atoms. The Morgan fingerprint density at radius 2 is 1.55 bits per heavy atom. The van der Waals surface area contributed by atoms with E-state index in [-0.39, 0.29) is 42.6 Å². The number of benzene rings is 2. The van der Waals surface area contributed by atoms with Crippen LogP contribution in [0.5, 0.6) is 0 Å². The van der Waals surface area contributed by atoms with Crippen LogP contribution >= 0.6 is 11.8 Å². The van der Waals surface area contributed by atoms with Crippen LogP contribution in [-0.2, 0) is 27.5 Å². The summed E-state index contributed by atoms with van der Waals surface area (Å²) in [5, 5.41) is 22.0. The number of nitrogens with zero attached hydrogens (tertiary/aromatic N) is 2. The predicted octanol–water partition coefficient (Wildman–Crippen LogP) is -1.99. The van der Waals surface area contributed by atoms with E-state index in [9.17, 15) is 24.6 Å². The van der Waals surface area contributed by atoms with Gasteiger partial charge in [0.15, 0.2) is 0 Å². The van der Waals surface area contributed by atoms with E-state index in [0.29, 0.717) is 0 Å². The molecule has 168 valence electrons. The topological polar surface area (TPSA) is 101 Å². The van der Waals surface area contributed by atoms with Gasteiger partial charge in [-0.15, -0.1) is 11.8 Å². The van der Waals surface area contributed by atoms with Gasteiger partial charge < -0.3 is 24.8 Å². The van der Waals surface area contributed by atoms with Crippen LogP contribution < -0.4 is 34.7 Å². The maximum absolute atomic E-state index is 13.4. The minimum Gasteiger partial charge on any atom is -0.548 e. The summed E-state index contributed by atoms with van der Waals surface area (Å²) in [6, 6.07) is 17.8. The fraction of sp³-hybridized carbons (Fsp3) is 0.375. The van der Waals surface area contributed by atoms with Crippen molar-refractivity contribution in [2.75, 3.05) is 0 Å². The van der Waals surface area contributed by atoms with Crippen LogP contribution in [0.15, 0.2) is 60.7 Å². The zero-order valence-corrected chi connectivity index (χ0v) is 21.7. The number of β-lactam (4-membered cyclic amide) rings is 1. The van der Waals surface area contributed by atoms with Crippen LogP contribution in [0.4, 0.5) is 0 Å². The largest absolute Gasteiger partial charge is 1.00 e. The van der Waals surface area contributed by atoms with E-state index in [1.54, 1.807) is 13.8 Å². The van der Waals surface area contributed by atoms with Crippen LogP contribution in [0, 0.1) is 5.92 Å². The molecule has 0 bridgehead atoms. The molecule has 2 amide bonds. The molecule has 4 atom stereocenters. The molecule has 0 saturated carbocycles. The molecule has 2 aliphatic heterocycles. The molecule has 0 aliphatic carbocycles. The molecule has 9 heteroatoms. The van der Waals surface area contributed by atoms with Crippen molar-refractivity contribution in [1.82, 2.24) is 9.80 Å². The molecule has 2 aromatic carbocycles. The van der Waals surface area contributed by atoms with Crippen LogP contribution in [-0.4, -0.2) is 55.0 Å². The van der Waals surface area contributed by atoms with E-state index in [0.717, 1.165) is 11.1 Å². The second-order valence-corrected chi connectivity index (χ2v) is 10.5. The smallest absolute Gasteiger partial charge is 0.548 e. The molecule has 2 aliphatic rings. The van der Waals surface area contributed by atoms with Crippen molar-refractivity contribution >= 4 is 29.5 Å². The third-order valence-corrected chi connectivity index (χ3v) is 7.64. The van der Waals surface area contributed by atoms with Crippen molar-refractivity contribution in [3.63, 3.8) is 0 Å². The number of amides is 2. The second kappa shape index (κ2) is 10.2. The first-order valence-corrected chi connectivity index (χ1v) is 11.3. The Hall–Kier alpha value is -1.84. The zero-order valence-electron chi connectivity index (χ0n) is 18.9. The van der Waals surface area contributed by atoms with E-state index in [1.165, 1.54) is 21.6 Å². The van der Waals surface area contributed by atoms with Crippen LogP contribution in [0.3, 0.4) is 0 Å². The van der Waals surface area contributed by atoms with Crippen molar-refractivity contribution in [3.05, 3.63) is 71.8 Å². The van der Waals surface area contributed by atoms with E-state index in [2.05, 4.69) is 0 Å². The van der Waals surface area contributed by atoms with Gasteiger partial charge >= 0.3 is 29.6 Å². The number of carboxylic acids is 1. The Bertz CT molecular complexity index is 979. The molecule has 2 fully saturated rings. The van der Waals surface area contributed by atoms with E-state index < -0.39 is 46.0 Å². The third-order valence-electron chi connectivity index (χ3n) is 6.04. The van der Waals surface area contributed by atoms with Crippen molar-refractivity contribution in [2.24, 2.45) is 5.92 Å². The fourth-order valence-corrected chi connectivity index (χ4v) is 6.19. The number of fused-ring (bicyclic) bond motifs is 1. The molecule has 0 unspecified atom stereocenters. The number of carbonyl (C=O) groups excluding carboxylic acids is 3. The Labute approximate surface area is 219 Å². The van der Waals surface area contributed by atoms with Gasteiger partial charge in [0.05, 0.1) is 17.4 Å². The van der Waals surface area contributed by atoms with Gasteiger partial charge in [-0.1, -0.05) is 60.7 Å². The van der Waals surface area contributed by atoms with E-state index in [4.69, 9.17) is 0 Å². The first kappa shape index (κ1) is 25.8. The molecule has 0 aromatic heterocycles. The van der Waals surface area contributed by atoms with Crippen molar-refractivity contribution < 1.29 is 54.2 Å². The van der Waals surface area contributed by atoms with Gasteiger partial charge in [0.25, 0.3) is 5.91 Å². The summed E-state index contributed by atoms with van der Waals surface area (Å²) in [5.74, 6) is -3.38. The number of thioether (sulfide) groups is 1. The summed E-state index contributed by atoms with van der Waals surface area (Å²) in [7, 11) is 0. The van der Waals surface area contributed by atoms with Gasteiger partial charge in [-0.3, -0.25) is 9.59 Å². The SMILES string of the molecule is CC1(C)S[C@@H]2[C@H]([C@H](O)C(=O)N(Cc3ccccc3)Cc3ccccc3)C(=O)N2[C@H]1C(=O)[O-].[Na+]. The number of rotatable bonds is 7. The molecule has 4 rings (SSSR count). The Kier molecular flexibility index (Phi) is 7.96. The average Bonchev–Trinajstić information content (AvgIpc) is 3.01. The van der Waals surface area contributed by atoms with Crippen molar-refractivity contribution in [2.45, 2.75) is 49.2 Å². The first-order valence-electron chi connectivity index (χ1n) is 10.5. The van der Waals surface area contributed by atoms with Gasteiger partial charge in [0, 0.05) is 17.8 Å². The summed E-state index contributed by atoms with van der Waals surface area (Å²) >= 11 is 1.28. The quantitative estimate of drug-likeness (QED) is 0.367. The zero-order chi connectivity index (χ0) is 23.0. The molecule has 2 aromatic rings. The number of aliphatic hydroxyl groups is 1. The molecule has 33 heavy (non-hydrogen) atoms. The number of hydrogen-bond acceptors (Lipinski definition) is 6. The molecule has 0 radical (unpaired) electrons. The van der Waals surface area contributed by atoms with Crippen molar-refractivity contribution in [1.29, 1.82) is 0 Å². The number of aliphatic carboxylic acids is 1. The maximum atomic E-state index is 13.4. The van der Waals surface area contributed by atoms with Gasteiger partial charge in [-0.05, 0) is 25.0 Å². The summed E-state index contributed by atoms with van der Waals surface area (Å²) in [5.41, 5.74) is 1.80. The summed E-state index contributed by atoms with van der Waals surface area (Å²) in [6.07, 6.45) is -1.56. The molecular formula is C24H25N2NaO5S. The maximum Gasteiger partial charge on any atom is 1.00 e. The number of carbonyl (C=O) groups is 3. The fourth-order valence-electron chi connectivity index (χ4n) is 4.47. The van der Waals surface area contributed by atoms with Gasteiger partial charge in [0.2, 0.25) is 5.91 Å². The van der Waals surface area contributed by atoms with Crippen molar-refractivity contribution in [3.8, 4) is 0 Å². The summed E-state index contributed by atoms with van der Waals surface area (Å²) in [4.78, 5) is 40.6. The summed E-state index contributed by atoms with van der Waals surface area (Å²) in [6.45, 7) is 4.01. The van der Waals surface area contributed by atoms with Crippen LogP contribution in [0.25, 0.3) is 0 Å². The van der Waals surface area contributed by atoms with E-state index >= 15 is 0 Å². The molecular weight excluding hydrogens is 451 g/mol. The minimum atomic E-state index is -1.56. The third kappa shape index (κ3) is 5.00. The first-order chi connectivity index (χ1) is 15.2. The van der Waals surface area contributed by atoms with E-state index in [1.807, 2.05) is 60.7 Å². The minimum absolute atomic E-state index is 0. The second-order valence-electron chi connectivity index (χ2n) is 8.72. The Morgan fingerprint density at radius 3 is 2.00 bits per heavy atom. The van der Waals surface area contributed by atoms with Gasteiger partial charge in [0.1, 0.15) is 12.0 Å². The molecule has 1 N–H and O–H groups in total. The number of aliphatic hydroxyl groups excluding tert-OH is 1. The monoisotopic (exact) mass is 476 g/mol. The average molecular weight is 477 g/mol. The van der Waals surface area contributed by atoms with Crippen LogP contribution in [0.1, 0.15) is 25.0 Å². The van der Waals surface area contributed by atoms with Crippen LogP contribution in [0.2, 0.25) is 0 Å². The standard InChI is InChI=1S/C24H26N2O5S.Na/c1-24(2)19(23(30)31)26-20(28)17(22(26)32-24)18(27)21(29)25(13-15-9-5-3-6-10-15)14-16-11-7-4-8-12-16;/h3-12,17-19,22,27H,13-14H2,1-2H3,(H,30,31);/q;+1/p-1/t17-,18+,19+,22-;/m1./s1. The van der Waals surface area contributed by atoms with Gasteiger partial charge in [-0.2, -0.15) is 0 Å². The molecule has 2 saturated heterocycles. The molecule has 7 nitrogen and oxygen atoms in total. The van der Waals surface area contributed by atoms with Gasteiger partial charge in [-0.25, -0.2) is 0 Å². The summed E-state index contributed by atoms with van der Waals surface area (Å²) < 4.78 is -0.773. The Balaban J connectivity index is 0.00000306. The number of carboxylic acid groups (broad SMARTS) is 1.